The second kappa shape index (κ2) is 10.1. The summed E-state index contributed by atoms with van der Waals surface area (Å²) in [4.78, 5) is 11.8. The number of halogens is 1. The maximum atomic E-state index is 13.3. The lowest BCUT2D eigenvalue weighted by atomic mass is 9.82. The van der Waals surface area contributed by atoms with Gasteiger partial charge in [0.05, 0.1) is 24.0 Å². The summed E-state index contributed by atoms with van der Waals surface area (Å²) in [6, 6.07) is 19.0. The van der Waals surface area contributed by atoms with E-state index in [1.54, 1.807) is 12.1 Å². The molecule has 0 spiro atoms. The van der Waals surface area contributed by atoms with Crippen LogP contribution in [0.15, 0.2) is 73.1 Å². The first-order valence-electron chi connectivity index (χ1n) is 11.1. The van der Waals surface area contributed by atoms with Crippen molar-refractivity contribution in [2.45, 2.75) is 32.2 Å². The van der Waals surface area contributed by atoms with Gasteiger partial charge in [-0.25, -0.2) is 4.39 Å². The molecule has 1 fully saturated rings. The van der Waals surface area contributed by atoms with E-state index in [0.717, 1.165) is 50.3 Å². The number of rotatable bonds is 9. The average Bonchev–Trinajstić information content (AvgIpc) is 3.23. The van der Waals surface area contributed by atoms with Gasteiger partial charge in [-0.05, 0) is 74.7 Å². The molecule has 0 radical (unpaired) electrons. The lowest BCUT2D eigenvalue weighted by Crippen LogP contribution is -2.35. The van der Waals surface area contributed by atoms with Gasteiger partial charge in [0.25, 0.3) is 0 Å². The smallest absolute Gasteiger partial charge is 0.123 e. The molecule has 3 heterocycles. The zero-order valence-corrected chi connectivity index (χ0v) is 18.1. The summed E-state index contributed by atoms with van der Waals surface area (Å²) >= 11 is 0. The topological polar surface area (TPSA) is 38.2 Å². The molecule has 4 nitrogen and oxygen atoms in total. The highest BCUT2D eigenvalue weighted by molar-refractivity contribution is 5.23. The van der Waals surface area contributed by atoms with Gasteiger partial charge in [0.2, 0.25) is 0 Å². The van der Waals surface area contributed by atoms with Crippen molar-refractivity contribution in [3.63, 3.8) is 0 Å². The number of benzene rings is 1. The van der Waals surface area contributed by atoms with Crippen LogP contribution in [-0.2, 0) is 11.2 Å². The zero-order valence-electron chi connectivity index (χ0n) is 18.1. The van der Waals surface area contributed by atoms with Gasteiger partial charge in [-0.1, -0.05) is 24.3 Å². The Balaban J connectivity index is 1.56. The SMILES string of the molecule is CCOCC1(CCc2ccc(F)cc2)CCN(C(c2ccccn2)c2ccccn2)C1. The summed E-state index contributed by atoms with van der Waals surface area (Å²) in [5.41, 5.74) is 3.27. The molecular formula is C26H30FN3O. The van der Waals surface area contributed by atoms with E-state index in [2.05, 4.69) is 27.0 Å². The van der Waals surface area contributed by atoms with Crippen LogP contribution in [0.5, 0.6) is 0 Å². The van der Waals surface area contributed by atoms with Crippen LogP contribution in [0, 0.1) is 11.2 Å². The minimum atomic E-state index is -0.187. The third kappa shape index (κ3) is 5.35. The Kier molecular flexibility index (Phi) is 7.05. The van der Waals surface area contributed by atoms with E-state index in [4.69, 9.17) is 4.74 Å². The molecule has 5 heteroatoms. The van der Waals surface area contributed by atoms with Crippen LogP contribution >= 0.6 is 0 Å². The molecule has 31 heavy (non-hydrogen) atoms. The van der Waals surface area contributed by atoms with Crippen molar-refractivity contribution in [1.82, 2.24) is 14.9 Å². The van der Waals surface area contributed by atoms with Crippen LogP contribution in [-0.4, -0.2) is 41.2 Å². The van der Waals surface area contributed by atoms with Gasteiger partial charge in [-0.2, -0.15) is 0 Å². The molecule has 0 aliphatic carbocycles. The zero-order chi connectivity index (χ0) is 21.5. The summed E-state index contributed by atoms with van der Waals surface area (Å²) in [5.74, 6) is -0.187. The van der Waals surface area contributed by atoms with Gasteiger partial charge >= 0.3 is 0 Å². The van der Waals surface area contributed by atoms with Crippen LogP contribution in [0.3, 0.4) is 0 Å². The monoisotopic (exact) mass is 419 g/mol. The van der Waals surface area contributed by atoms with Gasteiger partial charge in [-0.3, -0.25) is 14.9 Å². The first-order chi connectivity index (χ1) is 15.2. The van der Waals surface area contributed by atoms with E-state index in [1.165, 1.54) is 5.56 Å². The van der Waals surface area contributed by atoms with Crippen molar-refractivity contribution < 1.29 is 9.13 Å². The van der Waals surface area contributed by atoms with Crippen molar-refractivity contribution in [3.8, 4) is 0 Å². The van der Waals surface area contributed by atoms with E-state index >= 15 is 0 Å². The second-order valence-electron chi connectivity index (χ2n) is 8.40. The Labute approximate surface area is 184 Å². The first kappa shape index (κ1) is 21.6. The Morgan fingerprint density at radius 3 is 2.26 bits per heavy atom. The quantitative estimate of drug-likeness (QED) is 0.486. The van der Waals surface area contributed by atoms with Crippen molar-refractivity contribution >= 4 is 0 Å². The van der Waals surface area contributed by atoms with Gasteiger partial charge in [0.15, 0.2) is 0 Å². The number of nitrogens with zero attached hydrogens (tertiary/aromatic N) is 3. The lowest BCUT2D eigenvalue weighted by molar-refractivity contribution is 0.0471. The predicted molar refractivity (Wildman–Crippen MR) is 120 cm³/mol. The molecule has 3 aromatic rings. The van der Waals surface area contributed by atoms with Crippen LogP contribution in [0.1, 0.15) is 42.8 Å². The third-order valence-corrected chi connectivity index (χ3v) is 6.24. The van der Waals surface area contributed by atoms with Crippen molar-refractivity contribution in [3.05, 3.63) is 95.8 Å². The van der Waals surface area contributed by atoms with Gasteiger partial charge in [0, 0.05) is 31.0 Å². The van der Waals surface area contributed by atoms with Crippen molar-refractivity contribution in [2.24, 2.45) is 5.41 Å². The number of pyridine rings is 2. The summed E-state index contributed by atoms with van der Waals surface area (Å²) in [7, 11) is 0. The molecule has 4 rings (SSSR count). The van der Waals surface area contributed by atoms with Gasteiger partial charge in [-0.15, -0.1) is 0 Å². The molecule has 1 saturated heterocycles. The summed E-state index contributed by atoms with van der Waals surface area (Å²) in [6.07, 6.45) is 6.68. The maximum absolute atomic E-state index is 13.3. The lowest BCUT2D eigenvalue weighted by Gasteiger charge is -2.32. The molecule has 0 N–H and O–H groups in total. The number of ether oxygens (including phenoxy) is 1. The second-order valence-corrected chi connectivity index (χ2v) is 8.40. The van der Waals surface area contributed by atoms with Crippen LogP contribution in [0.2, 0.25) is 0 Å². The molecule has 0 amide bonds. The highest BCUT2D eigenvalue weighted by Crippen LogP contribution is 2.40. The number of likely N-dealkylation sites (tertiary alicyclic amines) is 1. The molecule has 162 valence electrons. The number of hydrogen-bond acceptors (Lipinski definition) is 4. The number of aromatic nitrogens is 2. The Hall–Kier alpha value is -2.63. The molecule has 1 aromatic carbocycles. The van der Waals surface area contributed by atoms with Gasteiger partial charge < -0.3 is 4.74 Å². The number of aryl methyl sites for hydroxylation is 1. The third-order valence-electron chi connectivity index (χ3n) is 6.24. The standard InChI is InChI=1S/C26H30FN3O/c1-2-31-20-26(14-13-21-9-11-22(27)12-10-21)15-18-30(19-26)25(23-7-3-5-16-28-23)24-8-4-6-17-29-24/h3-12,16-17,25H,2,13-15,18-20H2,1H3. The minimum absolute atomic E-state index is 0.0247. The molecule has 0 bridgehead atoms. The minimum Gasteiger partial charge on any atom is -0.381 e. The first-order valence-corrected chi connectivity index (χ1v) is 11.1. The molecular weight excluding hydrogens is 389 g/mol. The van der Waals surface area contributed by atoms with Crippen LogP contribution < -0.4 is 0 Å². The highest BCUT2D eigenvalue weighted by atomic mass is 19.1. The maximum Gasteiger partial charge on any atom is 0.123 e. The van der Waals surface area contributed by atoms with E-state index in [9.17, 15) is 4.39 Å². The van der Waals surface area contributed by atoms with Crippen LogP contribution in [0.4, 0.5) is 4.39 Å². The summed E-state index contributed by atoms with van der Waals surface area (Å²) in [5, 5.41) is 0. The Morgan fingerprint density at radius 1 is 1.00 bits per heavy atom. The van der Waals surface area contributed by atoms with E-state index < -0.39 is 0 Å². The van der Waals surface area contributed by atoms with Crippen molar-refractivity contribution in [2.75, 3.05) is 26.3 Å². The Morgan fingerprint density at radius 2 is 1.68 bits per heavy atom. The molecule has 2 aromatic heterocycles. The fourth-order valence-electron chi connectivity index (χ4n) is 4.56. The van der Waals surface area contributed by atoms with Crippen molar-refractivity contribution in [1.29, 1.82) is 0 Å². The molecule has 1 aliphatic heterocycles. The molecule has 1 aliphatic rings. The van der Waals surface area contributed by atoms with Gasteiger partial charge in [0.1, 0.15) is 5.82 Å². The largest absolute Gasteiger partial charge is 0.381 e. The molecule has 1 atom stereocenters. The highest BCUT2D eigenvalue weighted by Gasteiger charge is 2.41. The Bertz CT molecular complexity index is 896. The fourth-order valence-corrected chi connectivity index (χ4v) is 4.56. The average molecular weight is 420 g/mol. The predicted octanol–water partition coefficient (Wildman–Crippen LogP) is 5.07. The fraction of sp³-hybridized carbons (Fsp3) is 0.385. The van der Waals surface area contributed by atoms with Crippen LogP contribution in [0.25, 0.3) is 0 Å². The van der Waals surface area contributed by atoms with E-state index in [-0.39, 0.29) is 17.3 Å². The molecule has 0 saturated carbocycles. The molecule has 1 unspecified atom stereocenters. The van der Waals surface area contributed by atoms with E-state index in [1.807, 2.05) is 55.7 Å². The summed E-state index contributed by atoms with van der Waals surface area (Å²) in [6.45, 7) is 5.38. The van der Waals surface area contributed by atoms with E-state index in [0.29, 0.717) is 6.61 Å². The normalized spacial score (nSPS) is 19.2. The summed E-state index contributed by atoms with van der Waals surface area (Å²) < 4.78 is 19.2. The number of hydrogen-bond donors (Lipinski definition) is 0.